The summed E-state index contributed by atoms with van der Waals surface area (Å²) >= 11 is 0. The van der Waals surface area contributed by atoms with Crippen LogP contribution in [-0.2, 0) is 32.7 Å². The second-order valence-electron chi connectivity index (χ2n) is 9.89. The Balaban J connectivity index is 4.20. The van der Waals surface area contributed by atoms with E-state index in [-0.39, 0.29) is 19.0 Å². The molecule has 2 atom stereocenters. The molecule has 2 unspecified atom stereocenters. The molecule has 0 amide bonds. The van der Waals surface area contributed by atoms with E-state index in [1.165, 1.54) is 44.9 Å². The predicted octanol–water partition coefficient (Wildman–Crippen LogP) is 8.21. The Hall–Kier alpha value is -1.21. The van der Waals surface area contributed by atoms with Gasteiger partial charge < -0.3 is 14.4 Å². The van der Waals surface area contributed by atoms with Crippen LogP contribution < -0.4 is 0 Å². The van der Waals surface area contributed by atoms with E-state index in [4.69, 9.17) is 14.0 Å². The van der Waals surface area contributed by atoms with Crippen LogP contribution in [-0.4, -0.2) is 43.3 Å². The molecular weight excluding hydrogens is 507 g/mol. The monoisotopic (exact) mass is 562 g/mol. The molecule has 38 heavy (non-hydrogen) atoms. The number of carbonyl (C=O) groups excluding carboxylic acids is 2. The number of rotatable bonds is 27. The predicted molar refractivity (Wildman–Crippen MR) is 152 cm³/mol. The standard InChI is InChI=1S/C29H55O8P/c1-4-6-8-10-12-14-16-18-20-22-24-29(31)37-27(26-36-38(32,33)34-3)25-35-28(30)23-21-19-17-15-13-11-9-7-5-2/h8,10,27H,4-7,9,11-26H2,1-3H3,(H,32,33)/b10-8-. The molecule has 0 saturated heterocycles. The Bertz CT molecular complexity index is 652. The Labute approximate surface area is 231 Å². The lowest BCUT2D eigenvalue weighted by atomic mass is 10.1. The highest BCUT2D eigenvalue weighted by Gasteiger charge is 2.24. The van der Waals surface area contributed by atoms with Gasteiger partial charge in [-0.3, -0.25) is 18.6 Å². The molecule has 0 aliphatic carbocycles. The van der Waals surface area contributed by atoms with E-state index in [1.807, 2.05) is 0 Å². The quantitative estimate of drug-likeness (QED) is 0.0462. The van der Waals surface area contributed by atoms with Crippen LogP contribution in [0.3, 0.4) is 0 Å². The van der Waals surface area contributed by atoms with Crippen LogP contribution in [0, 0.1) is 0 Å². The van der Waals surface area contributed by atoms with Crippen LogP contribution in [0.1, 0.15) is 136 Å². The van der Waals surface area contributed by atoms with Gasteiger partial charge in [0, 0.05) is 20.0 Å². The van der Waals surface area contributed by atoms with E-state index < -0.39 is 26.5 Å². The summed E-state index contributed by atoms with van der Waals surface area (Å²) in [5, 5.41) is 0. The summed E-state index contributed by atoms with van der Waals surface area (Å²) in [5.41, 5.74) is 0. The number of hydrogen-bond donors (Lipinski definition) is 1. The van der Waals surface area contributed by atoms with Gasteiger partial charge in [0.15, 0.2) is 6.10 Å². The third-order valence-electron chi connectivity index (χ3n) is 6.24. The Morgan fingerprint density at radius 1 is 0.711 bits per heavy atom. The van der Waals surface area contributed by atoms with Crippen molar-refractivity contribution in [2.75, 3.05) is 20.3 Å². The molecule has 0 aromatic heterocycles. The first-order chi connectivity index (χ1) is 18.3. The fraction of sp³-hybridized carbons (Fsp3) is 0.862. The molecular formula is C29H55O8P. The number of ether oxygens (including phenoxy) is 2. The lowest BCUT2D eigenvalue weighted by Gasteiger charge is -2.19. The molecule has 0 aliphatic rings. The summed E-state index contributed by atoms with van der Waals surface area (Å²) in [4.78, 5) is 33.9. The van der Waals surface area contributed by atoms with Crippen molar-refractivity contribution in [3.05, 3.63) is 12.2 Å². The molecule has 0 saturated carbocycles. The molecule has 0 fully saturated rings. The average Bonchev–Trinajstić information content (AvgIpc) is 2.90. The fourth-order valence-electron chi connectivity index (χ4n) is 3.89. The number of phosphoric ester groups is 1. The van der Waals surface area contributed by atoms with E-state index in [1.54, 1.807) is 0 Å². The molecule has 0 bridgehead atoms. The number of hydrogen-bond acceptors (Lipinski definition) is 7. The summed E-state index contributed by atoms with van der Waals surface area (Å²) in [6.07, 6.45) is 22.8. The van der Waals surface area contributed by atoms with Gasteiger partial charge in [0.2, 0.25) is 0 Å². The number of unbranched alkanes of at least 4 members (excludes halogenated alkanes) is 14. The maximum absolute atomic E-state index is 12.3. The Kier molecular flexibility index (Phi) is 25.2. The van der Waals surface area contributed by atoms with Crippen molar-refractivity contribution in [1.29, 1.82) is 0 Å². The van der Waals surface area contributed by atoms with E-state index in [0.717, 1.165) is 64.9 Å². The summed E-state index contributed by atoms with van der Waals surface area (Å²) in [5.74, 6) is -0.821. The molecule has 0 aromatic rings. The molecule has 9 heteroatoms. The normalized spacial score (nSPS) is 13.9. The minimum atomic E-state index is -4.24. The Morgan fingerprint density at radius 2 is 1.24 bits per heavy atom. The second-order valence-corrected chi connectivity index (χ2v) is 11.4. The second kappa shape index (κ2) is 26.0. The molecule has 0 radical (unpaired) electrons. The van der Waals surface area contributed by atoms with Crippen LogP contribution in [0.4, 0.5) is 0 Å². The van der Waals surface area contributed by atoms with Crippen molar-refractivity contribution in [2.24, 2.45) is 0 Å². The van der Waals surface area contributed by atoms with Gasteiger partial charge in [-0.2, -0.15) is 0 Å². The summed E-state index contributed by atoms with van der Waals surface area (Å²) in [6, 6.07) is 0. The van der Waals surface area contributed by atoms with E-state index >= 15 is 0 Å². The minimum Gasteiger partial charge on any atom is -0.462 e. The topological polar surface area (TPSA) is 108 Å². The first kappa shape index (κ1) is 36.8. The zero-order valence-corrected chi connectivity index (χ0v) is 25.2. The van der Waals surface area contributed by atoms with Gasteiger partial charge in [0.25, 0.3) is 0 Å². The number of phosphoric acid groups is 1. The van der Waals surface area contributed by atoms with Crippen LogP contribution in [0.5, 0.6) is 0 Å². The lowest BCUT2D eigenvalue weighted by Crippen LogP contribution is -2.29. The molecule has 8 nitrogen and oxygen atoms in total. The van der Waals surface area contributed by atoms with Crippen molar-refractivity contribution in [3.8, 4) is 0 Å². The van der Waals surface area contributed by atoms with Crippen LogP contribution in [0.25, 0.3) is 0 Å². The highest BCUT2D eigenvalue weighted by molar-refractivity contribution is 7.47. The third-order valence-corrected chi connectivity index (χ3v) is 7.18. The smallest absolute Gasteiger partial charge is 0.462 e. The maximum Gasteiger partial charge on any atom is 0.472 e. The minimum absolute atomic E-state index is 0.225. The van der Waals surface area contributed by atoms with Crippen LogP contribution >= 0.6 is 7.82 Å². The molecule has 0 heterocycles. The van der Waals surface area contributed by atoms with Gasteiger partial charge in [0.05, 0.1) is 6.61 Å². The van der Waals surface area contributed by atoms with Crippen molar-refractivity contribution in [3.63, 3.8) is 0 Å². The van der Waals surface area contributed by atoms with Gasteiger partial charge in [0.1, 0.15) is 6.61 Å². The molecule has 0 rings (SSSR count). The first-order valence-electron chi connectivity index (χ1n) is 14.9. The molecule has 0 aliphatic heterocycles. The highest BCUT2D eigenvalue weighted by atomic mass is 31.2. The van der Waals surface area contributed by atoms with Crippen molar-refractivity contribution in [2.45, 2.75) is 142 Å². The lowest BCUT2D eigenvalue weighted by molar-refractivity contribution is -0.161. The third kappa shape index (κ3) is 25.1. The van der Waals surface area contributed by atoms with Gasteiger partial charge >= 0.3 is 19.8 Å². The largest absolute Gasteiger partial charge is 0.472 e. The first-order valence-corrected chi connectivity index (χ1v) is 16.4. The maximum atomic E-state index is 12.3. The van der Waals surface area contributed by atoms with E-state index in [9.17, 15) is 19.0 Å². The summed E-state index contributed by atoms with van der Waals surface area (Å²) < 4.78 is 31.6. The summed E-state index contributed by atoms with van der Waals surface area (Å²) in [6.45, 7) is 3.75. The van der Waals surface area contributed by atoms with Crippen molar-refractivity contribution < 1.29 is 37.6 Å². The Morgan fingerprint density at radius 3 is 1.82 bits per heavy atom. The highest BCUT2D eigenvalue weighted by Crippen LogP contribution is 2.42. The van der Waals surface area contributed by atoms with Gasteiger partial charge in [-0.05, 0) is 32.1 Å². The SMILES string of the molecule is CCC/C=C\CCCCCCCC(=O)OC(COC(=O)CCCCCCCCCCC)COP(=O)(O)OC. The van der Waals surface area contributed by atoms with Gasteiger partial charge in [-0.15, -0.1) is 0 Å². The average molecular weight is 563 g/mol. The molecule has 0 spiro atoms. The van der Waals surface area contributed by atoms with E-state index in [2.05, 4.69) is 30.5 Å². The zero-order chi connectivity index (χ0) is 28.3. The zero-order valence-electron chi connectivity index (χ0n) is 24.3. The number of esters is 2. The molecule has 0 aromatic carbocycles. The molecule has 224 valence electrons. The summed E-state index contributed by atoms with van der Waals surface area (Å²) in [7, 11) is -3.19. The number of carbonyl (C=O) groups is 2. The molecule has 1 N–H and O–H groups in total. The fourth-order valence-corrected chi connectivity index (χ4v) is 4.35. The number of allylic oxidation sites excluding steroid dienone is 2. The van der Waals surface area contributed by atoms with Crippen molar-refractivity contribution in [1.82, 2.24) is 0 Å². The van der Waals surface area contributed by atoms with Crippen LogP contribution in [0.2, 0.25) is 0 Å². The van der Waals surface area contributed by atoms with Gasteiger partial charge in [-0.25, -0.2) is 4.57 Å². The van der Waals surface area contributed by atoms with Crippen LogP contribution in [0.15, 0.2) is 12.2 Å². The van der Waals surface area contributed by atoms with Crippen molar-refractivity contribution >= 4 is 19.8 Å². The van der Waals surface area contributed by atoms with E-state index in [0.29, 0.717) is 12.8 Å². The van der Waals surface area contributed by atoms with Gasteiger partial charge in [-0.1, -0.05) is 103 Å².